The average Bonchev–Trinajstić information content (AvgIpc) is 2.37. The second-order valence-electron chi connectivity index (χ2n) is 4.16. The Kier molecular flexibility index (Phi) is 3.81. The topological polar surface area (TPSA) is 63.1 Å². The number of nitrogens with zero attached hydrogens (tertiary/aromatic N) is 2. The molecule has 5 heteroatoms. The van der Waals surface area contributed by atoms with Gasteiger partial charge in [-0.05, 0) is 30.5 Å². The van der Waals surface area contributed by atoms with E-state index in [2.05, 4.69) is 16.9 Å². The van der Waals surface area contributed by atoms with Crippen LogP contribution >= 0.6 is 11.6 Å². The number of aryl methyl sites for hydroxylation is 2. The molecular weight excluding hydrogens is 264 g/mol. The molecule has 0 amide bonds. The van der Waals surface area contributed by atoms with Gasteiger partial charge in [0.1, 0.15) is 5.56 Å². The van der Waals surface area contributed by atoms with Gasteiger partial charge in [-0.1, -0.05) is 31.2 Å². The quantitative estimate of drug-likeness (QED) is 0.873. The molecule has 98 valence electrons. The number of halogens is 1. The van der Waals surface area contributed by atoms with Gasteiger partial charge in [-0.3, -0.25) is 0 Å². The van der Waals surface area contributed by atoms with Gasteiger partial charge in [-0.2, -0.15) is 0 Å². The van der Waals surface area contributed by atoms with Gasteiger partial charge in [0.25, 0.3) is 0 Å². The molecule has 0 saturated carbocycles. The van der Waals surface area contributed by atoms with E-state index < -0.39 is 5.97 Å². The van der Waals surface area contributed by atoms with Crippen LogP contribution in [-0.4, -0.2) is 21.0 Å². The third-order valence-corrected chi connectivity index (χ3v) is 3.08. The highest BCUT2D eigenvalue weighted by atomic mass is 35.5. The standard InChI is InChI=1S/C14H13ClN2O2/c1-3-9-4-6-10(7-5-9)12-11(13(18)19)8(2)16-14(15)17-12/h4-7H,3H2,1-2H3,(H,18,19). The Balaban J connectivity index is 2.62. The van der Waals surface area contributed by atoms with Crippen LogP contribution in [0.15, 0.2) is 24.3 Å². The lowest BCUT2D eigenvalue weighted by Gasteiger charge is -2.08. The van der Waals surface area contributed by atoms with Crippen molar-refractivity contribution >= 4 is 17.6 Å². The van der Waals surface area contributed by atoms with Crippen LogP contribution in [0.1, 0.15) is 28.5 Å². The number of hydrogen-bond acceptors (Lipinski definition) is 3. The van der Waals surface area contributed by atoms with Crippen LogP contribution < -0.4 is 0 Å². The van der Waals surface area contributed by atoms with Crippen LogP contribution in [0, 0.1) is 6.92 Å². The van der Waals surface area contributed by atoms with Gasteiger partial charge >= 0.3 is 5.97 Å². The summed E-state index contributed by atoms with van der Waals surface area (Å²) in [5.41, 5.74) is 2.71. The van der Waals surface area contributed by atoms with Crippen LogP contribution in [0.2, 0.25) is 5.28 Å². The molecule has 0 spiro atoms. The second kappa shape index (κ2) is 5.36. The van der Waals surface area contributed by atoms with E-state index in [0.717, 1.165) is 12.0 Å². The molecule has 19 heavy (non-hydrogen) atoms. The maximum absolute atomic E-state index is 11.3. The van der Waals surface area contributed by atoms with Crippen molar-refractivity contribution in [1.82, 2.24) is 9.97 Å². The first kappa shape index (κ1) is 13.5. The van der Waals surface area contributed by atoms with Crippen LogP contribution in [0.4, 0.5) is 0 Å². The summed E-state index contributed by atoms with van der Waals surface area (Å²) in [5, 5.41) is 9.33. The Bertz CT molecular complexity index is 624. The second-order valence-corrected chi connectivity index (χ2v) is 4.50. The van der Waals surface area contributed by atoms with Gasteiger partial charge in [0, 0.05) is 5.56 Å². The highest BCUT2D eigenvalue weighted by Gasteiger charge is 2.18. The minimum absolute atomic E-state index is 0.0528. The number of carboxylic acid groups (broad SMARTS) is 1. The van der Waals surface area contributed by atoms with Crippen molar-refractivity contribution in [3.8, 4) is 11.3 Å². The van der Waals surface area contributed by atoms with Crippen molar-refractivity contribution in [3.63, 3.8) is 0 Å². The lowest BCUT2D eigenvalue weighted by atomic mass is 10.0. The van der Waals surface area contributed by atoms with E-state index >= 15 is 0 Å². The Morgan fingerprint density at radius 2 is 1.89 bits per heavy atom. The monoisotopic (exact) mass is 276 g/mol. The molecule has 1 aromatic heterocycles. The number of benzene rings is 1. The Hall–Kier alpha value is -1.94. The van der Waals surface area contributed by atoms with Gasteiger partial charge in [-0.15, -0.1) is 0 Å². The molecule has 0 saturated heterocycles. The summed E-state index contributed by atoms with van der Waals surface area (Å²) in [4.78, 5) is 19.3. The van der Waals surface area contributed by atoms with Crippen molar-refractivity contribution in [1.29, 1.82) is 0 Å². The molecule has 1 aromatic carbocycles. The first-order chi connectivity index (χ1) is 9.02. The van der Waals surface area contributed by atoms with Crippen LogP contribution in [-0.2, 0) is 6.42 Å². The third kappa shape index (κ3) is 2.74. The fraction of sp³-hybridized carbons (Fsp3) is 0.214. The van der Waals surface area contributed by atoms with Gasteiger partial charge in [0.2, 0.25) is 5.28 Å². The number of rotatable bonds is 3. The Labute approximate surface area is 116 Å². The van der Waals surface area contributed by atoms with Crippen LogP contribution in [0.25, 0.3) is 11.3 Å². The summed E-state index contributed by atoms with van der Waals surface area (Å²) in [6, 6.07) is 7.60. The number of carboxylic acids is 1. The molecule has 0 bridgehead atoms. The lowest BCUT2D eigenvalue weighted by molar-refractivity contribution is 0.0696. The van der Waals surface area contributed by atoms with E-state index in [4.69, 9.17) is 11.6 Å². The first-order valence-corrected chi connectivity index (χ1v) is 6.27. The SMILES string of the molecule is CCc1ccc(-c2nc(Cl)nc(C)c2C(=O)O)cc1. The smallest absolute Gasteiger partial charge is 0.339 e. The summed E-state index contributed by atoms with van der Waals surface area (Å²) < 4.78 is 0. The minimum atomic E-state index is -1.05. The highest BCUT2D eigenvalue weighted by Crippen LogP contribution is 2.25. The van der Waals surface area contributed by atoms with Crippen molar-refractivity contribution in [2.45, 2.75) is 20.3 Å². The molecule has 0 radical (unpaired) electrons. The predicted octanol–water partition coefficient (Wildman–Crippen LogP) is 3.37. The van der Waals surface area contributed by atoms with Crippen molar-refractivity contribution in [3.05, 3.63) is 46.4 Å². The molecule has 0 atom stereocenters. The maximum Gasteiger partial charge on any atom is 0.339 e. The summed E-state index contributed by atoms with van der Waals surface area (Å²) in [6.07, 6.45) is 0.926. The van der Waals surface area contributed by atoms with Gasteiger partial charge in [0.15, 0.2) is 0 Å². The molecular formula is C14H13ClN2O2. The number of carbonyl (C=O) groups is 1. The van der Waals surface area contributed by atoms with Crippen LogP contribution in [0.3, 0.4) is 0 Å². The zero-order valence-corrected chi connectivity index (χ0v) is 11.4. The molecule has 4 nitrogen and oxygen atoms in total. The van der Waals surface area contributed by atoms with E-state index in [-0.39, 0.29) is 10.8 Å². The van der Waals surface area contributed by atoms with E-state index in [9.17, 15) is 9.90 Å². The summed E-state index contributed by atoms with van der Waals surface area (Å²) in [5.74, 6) is -1.05. The maximum atomic E-state index is 11.3. The molecule has 1 heterocycles. The molecule has 0 aliphatic heterocycles. The predicted molar refractivity (Wildman–Crippen MR) is 73.6 cm³/mol. The largest absolute Gasteiger partial charge is 0.478 e. The first-order valence-electron chi connectivity index (χ1n) is 5.89. The molecule has 2 rings (SSSR count). The molecule has 1 N–H and O–H groups in total. The normalized spacial score (nSPS) is 10.5. The van der Waals surface area contributed by atoms with Crippen molar-refractivity contribution < 1.29 is 9.90 Å². The number of aromatic nitrogens is 2. The summed E-state index contributed by atoms with van der Waals surface area (Å²) in [6.45, 7) is 3.67. The Morgan fingerprint density at radius 1 is 1.26 bits per heavy atom. The van der Waals surface area contributed by atoms with Gasteiger partial charge in [0.05, 0.1) is 11.4 Å². The van der Waals surface area contributed by atoms with E-state index in [1.165, 1.54) is 5.56 Å². The van der Waals surface area contributed by atoms with Crippen molar-refractivity contribution in [2.75, 3.05) is 0 Å². The van der Waals surface area contributed by atoms with Crippen LogP contribution in [0.5, 0.6) is 0 Å². The fourth-order valence-electron chi connectivity index (χ4n) is 1.90. The number of aromatic carboxylic acids is 1. The summed E-state index contributed by atoms with van der Waals surface area (Å²) in [7, 11) is 0. The minimum Gasteiger partial charge on any atom is -0.478 e. The number of hydrogen-bond donors (Lipinski definition) is 1. The Morgan fingerprint density at radius 3 is 2.42 bits per heavy atom. The van der Waals surface area contributed by atoms with Gasteiger partial charge in [-0.25, -0.2) is 14.8 Å². The van der Waals surface area contributed by atoms with E-state index in [1.54, 1.807) is 6.92 Å². The molecule has 0 unspecified atom stereocenters. The zero-order chi connectivity index (χ0) is 14.0. The fourth-order valence-corrected chi connectivity index (χ4v) is 2.11. The lowest BCUT2D eigenvalue weighted by Crippen LogP contribution is -2.07. The average molecular weight is 277 g/mol. The van der Waals surface area contributed by atoms with E-state index in [0.29, 0.717) is 11.4 Å². The van der Waals surface area contributed by atoms with Crippen molar-refractivity contribution in [2.24, 2.45) is 0 Å². The molecule has 0 fully saturated rings. The summed E-state index contributed by atoms with van der Waals surface area (Å²) >= 11 is 5.82. The van der Waals surface area contributed by atoms with E-state index in [1.807, 2.05) is 24.3 Å². The molecule has 0 aliphatic rings. The van der Waals surface area contributed by atoms with Gasteiger partial charge < -0.3 is 5.11 Å². The molecule has 2 aromatic rings. The third-order valence-electron chi connectivity index (χ3n) is 2.91. The zero-order valence-electron chi connectivity index (χ0n) is 10.6. The highest BCUT2D eigenvalue weighted by molar-refractivity contribution is 6.28. The molecule has 0 aliphatic carbocycles.